The molecule has 0 aliphatic carbocycles. The van der Waals surface area contributed by atoms with E-state index in [2.05, 4.69) is 21.3 Å². The minimum Gasteiger partial charge on any atom is -0.465 e. The third-order valence-electron chi connectivity index (χ3n) is 8.76. The molecule has 1 fully saturated rings. The third-order valence-corrected chi connectivity index (χ3v) is 9.02. The number of halogens is 1. The third kappa shape index (κ3) is 7.96. The van der Waals surface area contributed by atoms with Crippen LogP contribution >= 0.6 is 11.6 Å². The maximum Gasteiger partial charge on any atom is 0.407 e. The van der Waals surface area contributed by atoms with Gasteiger partial charge < -0.3 is 30.1 Å². The lowest BCUT2D eigenvalue weighted by Crippen LogP contribution is -2.44. The van der Waals surface area contributed by atoms with Crippen LogP contribution in [0.25, 0.3) is 11.0 Å². The monoisotopic (exact) mass is 633 g/mol. The highest BCUT2D eigenvalue weighted by Crippen LogP contribution is 2.30. The molecule has 11 heteroatoms. The summed E-state index contributed by atoms with van der Waals surface area (Å²) in [4.78, 5) is 34.0. The molecule has 3 aromatic rings. The number of carbonyl (C=O) groups excluding carboxylic acids is 1. The van der Waals surface area contributed by atoms with Crippen molar-refractivity contribution in [3.05, 3.63) is 64.7 Å². The molecule has 2 atom stereocenters. The number of likely N-dealkylation sites (N-methyl/N-ethyl adjacent to an activating group) is 1. The van der Waals surface area contributed by atoms with Gasteiger partial charge in [-0.15, -0.1) is 0 Å². The first-order chi connectivity index (χ1) is 21.1. The highest BCUT2D eigenvalue weighted by Gasteiger charge is 2.33. The average Bonchev–Trinajstić information content (AvgIpc) is 3.58. The molecule has 2 heterocycles. The molecule has 2 amide bonds. The van der Waals surface area contributed by atoms with Crippen molar-refractivity contribution in [3.63, 3.8) is 0 Å². The van der Waals surface area contributed by atoms with Gasteiger partial charge in [-0.1, -0.05) is 38.4 Å². The predicted molar refractivity (Wildman–Crippen MR) is 179 cm³/mol. The van der Waals surface area contributed by atoms with Crippen LogP contribution < -0.4 is 10.6 Å². The summed E-state index contributed by atoms with van der Waals surface area (Å²) in [5.74, 6) is 0.318. The Morgan fingerprint density at radius 2 is 1.89 bits per heavy atom. The van der Waals surface area contributed by atoms with E-state index >= 15 is 0 Å². The molecule has 1 aliphatic rings. The van der Waals surface area contributed by atoms with Crippen molar-refractivity contribution in [1.29, 1.82) is 5.26 Å². The lowest BCUT2D eigenvalue weighted by atomic mass is 9.87. The van der Waals surface area contributed by atoms with E-state index in [-0.39, 0.29) is 35.5 Å². The van der Waals surface area contributed by atoms with Crippen molar-refractivity contribution >= 4 is 46.3 Å². The zero-order chi connectivity index (χ0) is 33.1. The molecule has 1 aliphatic heterocycles. The van der Waals surface area contributed by atoms with Crippen LogP contribution in [0.15, 0.2) is 54.1 Å². The number of imidazole rings is 1. The van der Waals surface area contributed by atoms with Crippen LogP contribution in [0.3, 0.4) is 0 Å². The van der Waals surface area contributed by atoms with Crippen molar-refractivity contribution in [1.82, 2.24) is 24.7 Å². The van der Waals surface area contributed by atoms with Crippen LogP contribution in [0.4, 0.5) is 16.4 Å². The summed E-state index contributed by atoms with van der Waals surface area (Å²) < 4.78 is 2.06. The summed E-state index contributed by atoms with van der Waals surface area (Å²) in [6, 6.07) is 14.9. The fourth-order valence-corrected chi connectivity index (χ4v) is 5.61. The van der Waals surface area contributed by atoms with Crippen molar-refractivity contribution in [3.8, 4) is 6.07 Å². The lowest BCUT2D eigenvalue weighted by Gasteiger charge is -2.36. The van der Waals surface area contributed by atoms with E-state index in [1.54, 1.807) is 30.2 Å². The smallest absolute Gasteiger partial charge is 0.407 e. The summed E-state index contributed by atoms with van der Waals surface area (Å²) in [6.45, 7) is 13.1. The molecule has 10 nitrogen and oxygen atoms in total. The van der Waals surface area contributed by atoms with Gasteiger partial charge in [-0.25, -0.2) is 9.78 Å². The van der Waals surface area contributed by atoms with Crippen molar-refractivity contribution in [2.75, 3.05) is 18.9 Å². The first-order valence-electron chi connectivity index (χ1n) is 15.3. The Morgan fingerprint density at radius 3 is 2.49 bits per heavy atom. The van der Waals surface area contributed by atoms with Crippen LogP contribution in [0.1, 0.15) is 59.9 Å². The second-order valence-corrected chi connectivity index (χ2v) is 13.8. The first kappa shape index (κ1) is 33.8. The number of nitriles is 1. The predicted octanol–water partition coefficient (Wildman–Crippen LogP) is 6.79. The molecule has 0 spiro atoms. The molecular formula is C34H44ClN7O3. The molecule has 1 unspecified atom stereocenters. The zero-order valence-corrected chi connectivity index (χ0v) is 27.9. The minimum absolute atomic E-state index is 0.119. The number of nitrogens with one attached hydrogen (secondary N) is 2. The Balaban J connectivity index is 1.71. The number of likely N-dealkylation sites (tertiary alicyclic amines) is 1. The molecule has 0 radical (unpaired) electrons. The molecule has 1 aromatic heterocycles. The molecule has 3 N–H and O–H groups in total. The van der Waals surface area contributed by atoms with Crippen LogP contribution in [-0.2, 0) is 17.9 Å². The SMILES string of the molecule is CNC(C)(C)C=C(C#N)C(=O)N1CCCC1Cn1c(Nc2ccc(Cl)cc2)nc2cc(CN(C(=O)O)[C@@H](C)C(C)(C)C)ccc21. The average molecular weight is 634 g/mol. The molecule has 0 bridgehead atoms. The van der Waals surface area contributed by atoms with Gasteiger partial charge in [-0.2, -0.15) is 5.26 Å². The first-order valence-corrected chi connectivity index (χ1v) is 15.7. The number of benzene rings is 2. The van der Waals surface area contributed by atoms with Crippen LogP contribution in [0, 0.1) is 16.7 Å². The second-order valence-electron chi connectivity index (χ2n) is 13.4. The topological polar surface area (TPSA) is 127 Å². The van der Waals surface area contributed by atoms with Crippen molar-refractivity contribution in [2.45, 2.75) is 85.1 Å². The van der Waals surface area contributed by atoms with Gasteiger partial charge in [0, 0.05) is 41.9 Å². The quantitative estimate of drug-likeness (QED) is 0.166. The fraction of sp³-hybridized carbons (Fsp3) is 0.471. The summed E-state index contributed by atoms with van der Waals surface area (Å²) in [5, 5.41) is 27.0. The zero-order valence-electron chi connectivity index (χ0n) is 27.2. The van der Waals surface area contributed by atoms with Crippen LogP contribution in [0.2, 0.25) is 5.02 Å². The maximum absolute atomic E-state index is 13.6. The Kier molecular flexibility index (Phi) is 10.2. The number of aromatic nitrogens is 2. The maximum atomic E-state index is 13.6. The number of anilines is 2. The van der Waals surface area contributed by atoms with E-state index < -0.39 is 11.6 Å². The lowest BCUT2D eigenvalue weighted by molar-refractivity contribution is -0.127. The van der Waals surface area contributed by atoms with Crippen LogP contribution in [0.5, 0.6) is 0 Å². The van der Waals surface area contributed by atoms with Gasteiger partial charge in [0.25, 0.3) is 5.91 Å². The van der Waals surface area contributed by atoms with Crippen molar-refractivity contribution in [2.24, 2.45) is 5.41 Å². The van der Waals surface area contributed by atoms with Gasteiger partial charge in [0.05, 0.1) is 17.1 Å². The summed E-state index contributed by atoms with van der Waals surface area (Å²) in [7, 11) is 1.80. The number of amides is 2. The molecular weight excluding hydrogens is 590 g/mol. The Bertz CT molecular complexity index is 1620. The standard InChI is InChI=1S/C34H44ClN7O3/c1-22(33(2,3)4)41(32(44)45)20-23-10-15-29-28(17-23)39-31(38-26-13-11-25(35)12-14-26)42(29)21-27-9-8-16-40(27)30(43)24(19-36)18-34(5,6)37-7/h10-15,17-18,22,27,37H,8-9,16,20-21H2,1-7H3,(H,38,39)(H,44,45)/t22-,27?/m0/s1. The fourth-order valence-electron chi connectivity index (χ4n) is 5.48. The van der Waals surface area contributed by atoms with E-state index in [1.807, 2.05) is 71.9 Å². The number of carboxylic acid groups (broad SMARTS) is 1. The Hall–Kier alpha value is -4.07. The van der Waals surface area contributed by atoms with Crippen molar-refractivity contribution < 1.29 is 14.7 Å². The molecule has 0 saturated carbocycles. The van der Waals surface area contributed by atoms with E-state index in [4.69, 9.17) is 16.6 Å². The van der Waals surface area contributed by atoms with Gasteiger partial charge in [-0.3, -0.25) is 4.79 Å². The van der Waals surface area contributed by atoms with E-state index in [1.165, 1.54) is 4.90 Å². The van der Waals surface area contributed by atoms with Gasteiger partial charge >= 0.3 is 6.09 Å². The largest absolute Gasteiger partial charge is 0.465 e. The van der Waals surface area contributed by atoms with Gasteiger partial charge in [0.2, 0.25) is 5.95 Å². The van der Waals surface area contributed by atoms with Gasteiger partial charge in [0.15, 0.2) is 0 Å². The normalized spacial score (nSPS) is 16.5. The highest BCUT2D eigenvalue weighted by atomic mass is 35.5. The summed E-state index contributed by atoms with van der Waals surface area (Å²) in [5.41, 5.74) is 2.58. The minimum atomic E-state index is -0.969. The van der Waals surface area contributed by atoms with Crippen LogP contribution in [-0.4, -0.2) is 67.7 Å². The molecule has 240 valence electrons. The van der Waals surface area contributed by atoms with Gasteiger partial charge in [0.1, 0.15) is 11.6 Å². The molecule has 1 saturated heterocycles. The Morgan fingerprint density at radius 1 is 1.20 bits per heavy atom. The number of hydrogen-bond donors (Lipinski definition) is 3. The number of rotatable bonds is 10. The van der Waals surface area contributed by atoms with Gasteiger partial charge in [-0.05, 0) is 94.1 Å². The summed E-state index contributed by atoms with van der Waals surface area (Å²) in [6.07, 6.45) is 2.34. The van der Waals surface area contributed by atoms with E-state index in [0.717, 1.165) is 29.6 Å². The highest BCUT2D eigenvalue weighted by molar-refractivity contribution is 6.30. The summed E-state index contributed by atoms with van der Waals surface area (Å²) >= 11 is 6.12. The molecule has 45 heavy (non-hydrogen) atoms. The van der Waals surface area contributed by atoms with E-state index in [0.29, 0.717) is 29.6 Å². The number of fused-ring (bicyclic) bond motifs is 1. The number of hydrogen-bond acceptors (Lipinski definition) is 6. The molecule has 4 rings (SSSR count). The Labute approximate surface area is 270 Å². The molecule has 2 aromatic carbocycles. The van der Waals surface area contributed by atoms with E-state index in [9.17, 15) is 20.0 Å². The second kappa shape index (κ2) is 13.5. The number of nitrogens with zero attached hydrogens (tertiary/aromatic N) is 5. The number of carbonyl (C=O) groups is 2.